The van der Waals surface area contributed by atoms with Gasteiger partial charge >= 0.3 is 0 Å². The second-order valence-electron chi connectivity index (χ2n) is 8.55. The van der Waals surface area contributed by atoms with E-state index in [4.69, 9.17) is 28.8 Å². The summed E-state index contributed by atoms with van der Waals surface area (Å²) in [6.45, 7) is 25.5. The quantitative estimate of drug-likeness (QED) is 0.323. The van der Waals surface area contributed by atoms with Crippen LogP contribution in [0, 0.1) is 0 Å². The van der Waals surface area contributed by atoms with Gasteiger partial charge in [0.2, 0.25) is 0 Å². The van der Waals surface area contributed by atoms with Gasteiger partial charge in [0.05, 0.1) is 0 Å². The maximum atomic E-state index is 6.07. The Morgan fingerprint density at radius 3 is 0.741 bits per heavy atom. The number of hydrogen-bond donors (Lipinski definition) is 0. The summed E-state index contributed by atoms with van der Waals surface area (Å²) in [6.07, 6.45) is 0. The molecule has 0 aliphatic carbocycles. The smallest absolute Gasteiger partial charge is 0.300 e. The Kier molecular flexibility index (Phi) is 13.7. The fourth-order valence-corrected chi connectivity index (χ4v) is 26.1. The van der Waals surface area contributed by atoms with Crippen molar-refractivity contribution in [3.63, 3.8) is 0 Å². The van der Waals surface area contributed by atoms with Crippen molar-refractivity contribution in [1.82, 2.24) is 0 Å². The molecule has 0 rings (SSSR count). The lowest BCUT2D eigenvalue weighted by Crippen LogP contribution is -2.43. The highest BCUT2D eigenvalue weighted by Crippen LogP contribution is 2.09. The van der Waals surface area contributed by atoms with Crippen molar-refractivity contribution in [2.45, 2.75) is 78.6 Å². The first-order valence-electron chi connectivity index (χ1n) is 9.70. The van der Waals surface area contributed by atoms with Crippen LogP contribution in [0.2, 0.25) is 78.6 Å². The van der Waals surface area contributed by atoms with E-state index in [0.29, 0.717) is 0 Å². The van der Waals surface area contributed by atoms with Crippen LogP contribution in [0.5, 0.6) is 0 Å². The monoisotopic (exact) mass is 522 g/mol. The molecule has 0 heterocycles. The summed E-state index contributed by atoms with van der Waals surface area (Å²) in [5.41, 5.74) is 0. The fraction of sp³-hybridized carbons (Fsp3) is 1.00. The van der Waals surface area contributed by atoms with E-state index in [2.05, 4.69) is 65.5 Å². The molecule has 0 fully saturated rings. The Morgan fingerprint density at radius 1 is 0.370 bits per heavy atom. The summed E-state index contributed by atoms with van der Waals surface area (Å²) >= 11 is 0. The molecule has 0 spiro atoms. The molecule has 0 aromatic heterocycles. The molecule has 0 saturated carbocycles. The van der Waals surface area contributed by atoms with Gasteiger partial charge in [0, 0.05) is 0 Å². The van der Waals surface area contributed by atoms with Crippen LogP contribution in [-0.4, -0.2) is 72.3 Å². The van der Waals surface area contributed by atoms with Crippen LogP contribution in [0.15, 0.2) is 0 Å². The topological polar surface area (TPSA) is 64.6 Å². The Hall–Kier alpha value is 1.46. The third kappa shape index (κ3) is 18.0. The van der Waals surface area contributed by atoms with E-state index in [-0.39, 0.29) is 0 Å². The molecule has 0 amide bonds. The Morgan fingerprint density at radius 2 is 0.556 bits per heavy atom. The van der Waals surface area contributed by atoms with E-state index in [1.807, 2.05) is 13.1 Å². The summed E-state index contributed by atoms with van der Waals surface area (Å²) in [7, 11) is -13.3. The van der Waals surface area contributed by atoms with Gasteiger partial charge in [-0.2, -0.15) is 0 Å². The number of rotatable bonds is 14. The van der Waals surface area contributed by atoms with Crippen LogP contribution in [0.1, 0.15) is 0 Å². The lowest BCUT2D eigenvalue weighted by atomic mass is 11.8. The minimum atomic E-state index is -1.75. The Bertz CT molecular complexity index is 372. The Balaban J connectivity index is 4.17. The lowest BCUT2D eigenvalue weighted by Gasteiger charge is -2.28. The van der Waals surface area contributed by atoms with Gasteiger partial charge in [-0.1, -0.05) is 0 Å². The molecule has 0 aliphatic heterocycles. The first-order chi connectivity index (χ1) is 12.1. The molecule has 164 valence electrons. The Labute approximate surface area is 179 Å². The molecule has 0 radical (unpaired) electrons. The molecule has 0 aromatic rings. The molecule has 6 atom stereocenters. The first kappa shape index (κ1) is 28.5. The second kappa shape index (κ2) is 13.0. The minimum Gasteiger partial charge on any atom is -0.439 e. The molecular formula is C12H42O7Si8. The van der Waals surface area contributed by atoms with Crippen LogP contribution >= 0.6 is 0 Å². The first-order valence-corrected chi connectivity index (χ1v) is 29.1. The molecule has 6 unspecified atom stereocenters. The van der Waals surface area contributed by atoms with Gasteiger partial charge in [-0.25, -0.2) is 0 Å². The maximum absolute atomic E-state index is 6.07. The van der Waals surface area contributed by atoms with Gasteiger partial charge in [0.1, 0.15) is 0 Å². The predicted molar refractivity (Wildman–Crippen MR) is 132 cm³/mol. The van der Waals surface area contributed by atoms with E-state index >= 15 is 0 Å². The van der Waals surface area contributed by atoms with Crippen molar-refractivity contribution in [3.05, 3.63) is 0 Å². The zero-order valence-electron chi connectivity index (χ0n) is 19.3. The minimum absolute atomic E-state index is 1.54. The summed E-state index contributed by atoms with van der Waals surface area (Å²) in [5.74, 6) is 0. The third-order valence-electron chi connectivity index (χ3n) is 2.96. The van der Waals surface area contributed by atoms with Gasteiger partial charge in [-0.3, -0.25) is 0 Å². The molecule has 0 bridgehead atoms. The molecule has 0 saturated heterocycles. The van der Waals surface area contributed by atoms with Crippen LogP contribution in [0.25, 0.3) is 0 Å². The van der Waals surface area contributed by atoms with Crippen LogP contribution < -0.4 is 0 Å². The highest BCUT2D eigenvalue weighted by molar-refractivity contribution is 6.78. The zero-order chi connectivity index (χ0) is 21.4. The largest absolute Gasteiger partial charge is 0.439 e. The summed E-state index contributed by atoms with van der Waals surface area (Å²) < 4.78 is 42.3. The molecule has 0 aliphatic rings. The van der Waals surface area contributed by atoms with E-state index < -0.39 is 72.3 Å². The molecule has 15 heteroatoms. The van der Waals surface area contributed by atoms with E-state index in [1.165, 1.54) is 0 Å². The molecular weight excluding hydrogens is 481 g/mol. The fourth-order valence-electron chi connectivity index (χ4n) is 2.53. The van der Waals surface area contributed by atoms with Gasteiger partial charge in [-0.05, 0) is 78.6 Å². The SMILES string of the molecule is C[SiH](O[SiH](C)O[SiH](C)O[SiH](C)O[Si](C)(C)C)O[SiH](C)O[SiH](C)O[Si](C)(C)C. The van der Waals surface area contributed by atoms with Crippen molar-refractivity contribution in [2.75, 3.05) is 0 Å². The van der Waals surface area contributed by atoms with E-state index in [0.717, 1.165) is 0 Å². The highest BCUT2D eigenvalue weighted by atomic mass is 28.5. The molecule has 0 N–H and O–H groups in total. The summed E-state index contributed by atoms with van der Waals surface area (Å²) in [5, 5.41) is 0. The van der Waals surface area contributed by atoms with Crippen LogP contribution in [0.3, 0.4) is 0 Å². The molecule has 7 nitrogen and oxygen atoms in total. The van der Waals surface area contributed by atoms with Crippen molar-refractivity contribution < 1.29 is 28.8 Å². The average molecular weight is 523 g/mol. The van der Waals surface area contributed by atoms with E-state index in [1.54, 1.807) is 0 Å². The molecule has 0 aromatic carbocycles. The van der Waals surface area contributed by atoms with Gasteiger partial charge in [-0.15, -0.1) is 0 Å². The summed E-state index contributed by atoms with van der Waals surface area (Å²) in [4.78, 5) is 0. The maximum Gasteiger partial charge on any atom is 0.300 e. The lowest BCUT2D eigenvalue weighted by molar-refractivity contribution is 0.319. The summed E-state index contributed by atoms with van der Waals surface area (Å²) in [6, 6.07) is 0. The van der Waals surface area contributed by atoms with Gasteiger partial charge < -0.3 is 28.8 Å². The van der Waals surface area contributed by atoms with Crippen LogP contribution in [0.4, 0.5) is 0 Å². The highest BCUT2D eigenvalue weighted by Gasteiger charge is 2.26. The third-order valence-corrected chi connectivity index (χ3v) is 26.6. The average Bonchev–Trinajstić information content (AvgIpc) is 2.31. The molecule has 27 heavy (non-hydrogen) atoms. The van der Waals surface area contributed by atoms with E-state index in [9.17, 15) is 0 Å². The van der Waals surface area contributed by atoms with Crippen molar-refractivity contribution in [2.24, 2.45) is 0 Å². The standard InChI is InChI=1S/C12H42O7Si8/c1-20(14-22(3)16-24(5)18-26(7,8)9)13-21(2)15-23(4)17-25(6)19-27(10,11)12/h20-25H,1-12H3. The van der Waals surface area contributed by atoms with Crippen molar-refractivity contribution in [3.8, 4) is 0 Å². The normalized spacial score (nSPS) is 20.0. The van der Waals surface area contributed by atoms with Gasteiger partial charge in [0.25, 0.3) is 55.7 Å². The zero-order valence-corrected chi connectivity index (χ0v) is 28.3. The second-order valence-corrected chi connectivity index (χ2v) is 31.1. The van der Waals surface area contributed by atoms with Gasteiger partial charge in [0.15, 0.2) is 16.6 Å². The van der Waals surface area contributed by atoms with Crippen molar-refractivity contribution in [1.29, 1.82) is 0 Å². The number of hydrogen-bond acceptors (Lipinski definition) is 7. The van der Waals surface area contributed by atoms with Crippen LogP contribution in [-0.2, 0) is 28.8 Å². The van der Waals surface area contributed by atoms with Crippen molar-refractivity contribution >= 4 is 72.3 Å². The predicted octanol–water partition coefficient (Wildman–Crippen LogP) is 1.87.